The third-order valence-electron chi connectivity index (χ3n) is 21.0. The molecule has 13 N–H and O–H groups in total. The Morgan fingerprint density at radius 2 is 1.03 bits per heavy atom. The van der Waals surface area contributed by atoms with E-state index >= 15 is 0 Å². The summed E-state index contributed by atoms with van der Waals surface area (Å²) in [6.45, 7) is 4.15. The van der Waals surface area contributed by atoms with E-state index in [1.165, 1.54) is 108 Å². The Hall–Kier alpha value is -9.81. The van der Waals surface area contributed by atoms with Crippen LogP contribution in [0.2, 0.25) is 0 Å². The largest absolute Gasteiger partial charge is 0.508 e. The van der Waals surface area contributed by atoms with Crippen LogP contribution in [0.3, 0.4) is 0 Å². The number of aliphatic hydroxyl groups is 2. The van der Waals surface area contributed by atoms with Crippen LogP contribution in [0, 0.1) is 0 Å². The van der Waals surface area contributed by atoms with Crippen molar-refractivity contribution in [3.63, 3.8) is 0 Å². The Bertz CT molecular complexity index is 3730. The average molecular weight is 1630 g/mol. The molecule has 4 aliphatic rings. The molecule has 0 unspecified atom stereocenters. The van der Waals surface area contributed by atoms with Crippen molar-refractivity contribution in [1.82, 2.24) is 82.4 Å². The number of hydrogen-bond acceptors (Lipinski definition) is 21. The minimum atomic E-state index is -1.78. The number of carboxylic acid groups (broad SMARTS) is 1. The Labute approximate surface area is 675 Å². The number of aromatic nitrogens is 3. The van der Waals surface area contributed by atoms with Gasteiger partial charge in [-0.15, -0.1) is 5.10 Å². The van der Waals surface area contributed by atoms with Gasteiger partial charge in [0.05, 0.1) is 39.2 Å². The van der Waals surface area contributed by atoms with E-state index < -0.39 is 163 Å². The van der Waals surface area contributed by atoms with Crippen LogP contribution in [-0.2, 0) is 97.9 Å². The fraction of sp³-hybridized carbons (Fsp3) is 0.646. The van der Waals surface area contributed by atoms with E-state index in [4.69, 9.17) is 4.74 Å². The Balaban J connectivity index is 0.826. The molecule has 4 fully saturated rings. The number of likely N-dealkylation sites (tertiary alicyclic amines) is 4. The Morgan fingerprint density at radius 3 is 1.62 bits per heavy atom. The van der Waals surface area contributed by atoms with Gasteiger partial charge in [-0.05, 0) is 126 Å². The lowest BCUT2D eigenvalue weighted by molar-refractivity contribution is -0.149. The molecule has 4 aliphatic heterocycles. The first kappa shape index (κ1) is 92.4. The Kier molecular flexibility index (Phi) is 39.0. The zero-order valence-electron chi connectivity index (χ0n) is 66.5. The van der Waals surface area contributed by atoms with Crippen LogP contribution < -0.4 is 47.9 Å². The standard InChI is InChI=1S/C79H118N16O19S/c1-5-6-7-8-9-10-11-12-16-29-66(99)80-36-42-114-50-55-47-91(90-89-55)37-18-17-30-67(100)82-51(2)69(102)85-58(44-54-31-33-56(98)34-32-54)71(104)88-61(49-97)72(105)87-60(48-96)70(103)81-46-68(101)83-52(3)75(108)94-40-21-27-64(94)77(110)92-38-19-25-62(92)73(106)84-57(35-43-115-4)76(109)95-41-22-28-65(95)78(111)93-39-20-26-63(93)74(107)86-59(79(112)113)45-53-23-14-13-15-24-53/h13-15,23-24,31-34,47,51-52,57-65,96-98H,5-12,16-22,25-30,35-46,48-50H2,1-4H3,(H,80,99)(H,81,103)(H,82,100)(H,83,101)(H,84,106)(H,85,102)(H,86,107)(H,87,105)(H,88,104)(H,112,113)/t51-,52-,57-,58-,59-,60-,61-,62-,63-,64-,65-/m0/s1. The van der Waals surface area contributed by atoms with Gasteiger partial charge in [0.25, 0.3) is 0 Å². The highest BCUT2D eigenvalue weighted by Gasteiger charge is 2.47. The number of carbonyl (C=O) groups is 14. The second kappa shape index (κ2) is 48.5. The molecule has 634 valence electrons. The molecule has 36 heteroatoms. The zero-order chi connectivity index (χ0) is 83.3. The van der Waals surface area contributed by atoms with Crippen molar-refractivity contribution in [2.45, 2.75) is 254 Å². The number of carbonyl (C=O) groups excluding carboxylic acids is 13. The summed E-state index contributed by atoms with van der Waals surface area (Å²) in [7, 11) is 0. The number of unbranched alkanes of at least 4 members (excludes halogenated alkanes) is 9. The number of rotatable bonds is 49. The molecule has 0 spiro atoms. The summed E-state index contributed by atoms with van der Waals surface area (Å²) in [5.41, 5.74) is 1.74. The lowest BCUT2D eigenvalue weighted by Gasteiger charge is -2.34. The highest BCUT2D eigenvalue weighted by atomic mass is 32.2. The van der Waals surface area contributed by atoms with Crippen LogP contribution in [-0.4, -0.2) is 275 Å². The van der Waals surface area contributed by atoms with Gasteiger partial charge in [0.2, 0.25) is 76.8 Å². The summed E-state index contributed by atoms with van der Waals surface area (Å²) in [6.07, 6.45) is 18.5. The molecule has 13 amide bonds. The number of ether oxygens (including phenoxy) is 1. The number of nitrogens with zero attached hydrogens (tertiary/aromatic N) is 7. The van der Waals surface area contributed by atoms with Gasteiger partial charge in [-0.3, -0.25) is 67.0 Å². The number of thioether (sulfide) groups is 1. The molecule has 0 bridgehead atoms. The summed E-state index contributed by atoms with van der Waals surface area (Å²) in [6, 6.07) is 0.756. The lowest BCUT2D eigenvalue weighted by atomic mass is 10.0. The number of phenols is 1. The third-order valence-corrected chi connectivity index (χ3v) is 21.6. The topological polar surface area (TPSA) is 481 Å². The number of nitrogens with one attached hydrogen (secondary N) is 9. The molecule has 0 saturated carbocycles. The summed E-state index contributed by atoms with van der Waals surface area (Å²) in [5, 5.41) is 71.6. The van der Waals surface area contributed by atoms with Crippen molar-refractivity contribution in [2.75, 3.05) is 71.1 Å². The van der Waals surface area contributed by atoms with Gasteiger partial charge in [-0.1, -0.05) is 106 Å². The number of amides is 13. The SMILES string of the molecule is CCCCCCCCCCCC(=O)NCCOCc1cn(CCCCC(=O)N[C@@H](C)C(=O)N[C@@H](Cc2ccc(O)cc2)C(=O)N[C@@H](CO)C(=O)N[C@@H](CO)C(=O)NCC(=O)N[C@@H](C)C(=O)N2CCC[C@H]2C(=O)N2CCC[C@H]2C(=O)N[C@@H](CCSC)C(=O)N2CCC[C@H]2C(=O)N2CCC[C@H]2C(=O)N[C@@H](Cc2ccccc2)C(=O)O)nn1. The van der Waals surface area contributed by atoms with Crippen LogP contribution in [0.4, 0.5) is 0 Å². The molecule has 11 atom stereocenters. The van der Waals surface area contributed by atoms with Crippen molar-refractivity contribution in [2.24, 2.45) is 0 Å². The number of aliphatic carboxylic acids is 1. The van der Waals surface area contributed by atoms with E-state index in [-0.39, 0.29) is 83.0 Å². The van der Waals surface area contributed by atoms with Crippen LogP contribution in [0.15, 0.2) is 60.8 Å². The maximum atomic E-state index is 14.6. The number of aromatic hydroxyl groups is 1. The number of carboxylic acids is 1. The fourth-order valence-electron chi connectivity index (χ4n) is 14.6. The molecule has 1 aromatic heterocycles. The molecule has 4 saturated heterocycles. The number of aryl methyl sites for hydroxylation is 1. The predicted molar refractivity (Wildman–Crippen MR) is 422 cm³/mol. The number of aliphatic hydroxyl groups excluding tert-OH is 2. The number of benzene rings is 2. The first-order valence-corrected chi connectivity index (χ1v) is 41.8. The quantitative estimate of drug-likeness (QED) is 0.0343. The molecular weight excluding hydrogens is 1510 g/mol. The Morgan fingerprint density at radius 1 is 0.522 bits per heavy atom. The molecule has 3 aromatic rings. The van der Waals surface area contributed by atoms with Gasteiger partial charge in [0, 0.05) is 65.0 Å². The van der Waals surface area contributed by atoms with Crippen molar-refractivity contribution in [1.29, 1.82) is 0 Å². The van der Waals surface area contributed by atoms with Gasteiger partial charge in [-0.25, -0.2) is 4.79 Å². The molecule has 0 radical (unpaired) electrons. The molecular formula is C79H118N16O19S. The first-order valence-electron chi connectivity index (χ1n) is 40.4. The second-order valence-corrected chi connectivity index (χ2v) is 30.8. The van der Waals surface area contributed by atoms with Gasteiger partial charge in [0.15, 0.2) is 0 Å². The van der Waals surface area contributed by atoms with E-state index in [2.05, 4.69) is 65.1 Å². The number of phenolic OH excluding ortho intramolecular Hbond substituents is 1. The highest BCUT2D eigenvalue weighted by molar-refractivity contribution is 7.98. The van der Waals surface area contributed by atoms with E-state index in [1.807, 2.05) is 6.26 Å². The first-order chi connectivity index (χ1) is 55.3. The molecule has 7 rings (SSSR count). The van der Waals surface area contributed by atoms with Crippen LogP contribution >= 0.6 is 11.8 Å². The maximum absolute atomic E-state index is 14.6. The van der Waals surface area contributed by atoms with Gasteiger partial charge < -0.3 is 92.6 Å². The number of hydrogen-bond donors (Lipinski definition) is 13. The normalized spacial score (nSPS) is 18.4. The van der Waals surface area contributed by atoms with Gasteiger partial charge in [-0.2, -0.15) is 11.8 Å². The van der Waals surface area contributed by atoms with Gasteiger partial charge >= 0.3 is 5.97 Å². The molecule has 35 nitrogen and oxygen atoms in total. The van der Waals surface area contributed by atoms with E-state index in [1.54, 1.807) is 41.2 Å². The van der Waals surface area contributed by atoms with Crippen molar-refractivity contribution < 1.29 is 92.3 Å². The van der Waals surface area contributed by atoms with E-state index in [9.17, 15) is 87.5 Å². The second-order valence-electron chi connectivity index (χ2n) is 29.8. The van der Waals surface area contributed by atoms with E-state index in [0.29, 0.717) is 100 Å². The minimum absolute atomic E-state index is 0.00436. The molecule has 0 aliphatic carbocycles. The van der Waals surface area contributed by atoms with Crippen molar-refractivity contribution >= 4 is 94.5 Å². The summed E-state index contributed by atoms with van der Waals surface area (Å²) >= 11 is 1.44. The van der Waals surface area contributed by atoms with Crippen LogP contribution in [0.5, 0.6) is 5.75 Å². The lowest BCUT2D eigenvalue weighted by Crippen LogP contribution is -2.60. The van der Waals surface area contributed by atoms with E-state index in [0.717, 1.165) is 19.3 Å². The minimum Gasteiger partial charge on any atom is -0.508 e. The van der Waals surface area contributed by atoms with Crippen LogP contribution in [0.1, 0.15) is 179 Å². The summed E-state index contributed by atoms with van der Waals surface area (Å²) < 4.78 is 7.29. The predicted octanol–water partition coefficient (Wildman–Crippen LogP) is 0.529. The van der Waals surface area contributed by atoms with Crippen molar-refractivity contribution in [3.8, 4) is 5.75 Å². The highest BCUT2D eigenvalue weighted by Crippen LogP contribution is 2.29. The van der Waals surface area contributed by atoms with Crippen LogP contribution in [0.25, 0.3) is 0 Å². The smallest absolute Gasteiger partial charge is 0.326 e. The monoisotopic (exact) mass is 1630 g/mol. The molecule has 115 heavy (non-hydrogen) atoms. The third kappa shape index (κ3) is 29.5. The van der Waals surface area contributed by atoms with Gasteiger partial charge in [0.1, 0.15) is 77.9 Å². The van der Waals surface area contributed by atoms with Crippen molar-refractivity contribution in [3.05, 3.63) is 77.6 Å². The molecule has 2 aromatic carbocycles. The summed E-state index contributed by atoms with van der Waals surface area (Å²) in [4.78, 5) is 197. The average Bonchev–Trinajstić information content (AvgIpc) is 1.67. The molecule has 5 heterocycles. The fourth-order valence-corrected chi connectivity index (χ4v) is 15.1. The summed E-state index contributed by atoms with van der Waals surface area (Å²) in [5.74, 6) is -9.58. The zero-order valence-corrected chi connectivity index (χ0v) is 67.3. The maximum Gasteiger partial charge on any atom is 0.326 e.